The summed E-state index contributed by atoms with van der Waals surface area (Å²) in [5.41, 5.74) is 0.803. The van der Waals surface area contributed by atoms with Gasteiger partial charge in [-0.1, -0.05) is 0 Å². The van der Waals surface area contributed by atoms with Crippen molar-refractivity contribution >= 4 is 21.4 Å². The van der Waals surface area contributed by atoms with E-state index in [0.29, 0.717) is 24.0 Å². The highest BCUT2D eigenvalue weighted by atomic mass is 32.2. The van der Waals surface area contributed by atoms with Crippen LogP contribution in [0.2, 0.25) is 0 Å². The molecule has 0 amide bonds. The largest absolute Gasteiger partial charge is 0.374 e. The zero-order valence-electron chi connectivity index (χ0n) is 15.4. The van der Waals surface area contributed by atoms with E-state index in [-0.39, 0.29) is 18.2 Å². The van der Waals surface area contributed by atoms with E-state index in [4.69, 9.17) is 9.47 Å². The van der Waals surface area contributed by atoms with Gasteiger partial charge in [0, 0.05) is 38.7 Å². The number of thiophene rings is 1. The summed E-state index contributed by atoms with van der Waals surface area (Å²) >= 11 is 1.28. The van der Waals surface area contributed by atoms with Gasteiger partial charge >= 0.3 is 0 Å². The molecule has 3 atom stereocenters. The van der Waals surface area contributed by atoms with E-state index in [1.54, 1.807) is 10.5 Å². The van der Waals surface area contributed by atoms with Crippen molar-refractivity contribution in [2.24, 2.45) is 0 Å². The lowest BCUT2D eigenvalue weighted by Gasteiger charge is -2.31. The van der Waals surface area contributed by atoms with Gasteiger partial charge in [0.1, 0.15) is 10.3 Å². The average molecular weight is 412 g/mol. The first kappa shape index (κ1) is 19.1. The van der Waals surface area contributed by atoms with E-state index in [1.165, 1.54) is 11.3 Å². The van der Waals surface area contributed by atoms with E-state index in [9.17, 15) is 8.42 Å². The van der Waals surface area contributed by atoms with Crippen LogP contribution < -0.4 is 0 Å². The Morgan fingerprint density at radius 3 is 3.07 bits per heavy atom. The molecule has 7 nitrogen and oxygen atoms in total. The second kappa shape index (κ2) is 8.00. The average Bonchev–Trinajstić information content (AvgIpc) is 3.39. The number of aryl methyl sites for hydroxylation is 2. The number of fused-ring (bicyclic) bond motifs is 1. The van der Waals surface area contributed by atoms with Gasteiger partial charge in [0.15, 0.2) is 0 Å². The summed E-state index contributed by atoms with van der Waals surface area (Å²) in [5, 5.41) is 6.01. The third kappa shape index (κ3) is 3.84. The van der Waals surface area contributed by atoms with Crippen LogP contribution in [0.1, 0.15) is 24.8 Å². The minimum absolute atomic E-state index is 0.138. The smallest absolute Gasteiger partial charge is 0.253 e. The summed E-state index contributed by atoms with van der Waals surface area (Å²) < 4.78 is 42.4. The van der Waals surface area contributed by atoms with Crippen LogP contribution in [-0.4, -0.2) is 60.5 Å². The lowest BCUT2D eigenvalue weighted by atomic mass is 10.0. The van der Waals surface area contributed by atoms with Crippen molar-refractivity contribution in [3.05, 3.63) is 35.5 Å². The van der Waals surface area contributed by atoms with Gasteiger partial charge in [0.2, 0.25) is 0 Å². The topological polar surface area (TPSA) is 73.7 Å². The maximum Gasteiger partial charge on any atom is 0.253 e. The van der Waals surface area contributed by atoms with Crippen LogP contribution in [0.15, 0.2) is 34.1 Å². The lowest BCUT2D eigenvalue weighted by Crippen LogP contribution is -2.43. The fourth-order valence-electron chi connectivity index (χ4n) is 3.91. The predicted molar refractivity (Wildman–Crippen MR) is 102 cm³/mol. The maximum absolute atomic E-state index is 13.2. The molecule has 2 fully saturated rings. The molecule has 0 spiro atoms. The summed E-state index contributed by atoms with van der Waals surface area (Å²) in [5.74, 6) is 0. The highest BCUT2D eigenvalue weighted by molar-refractivity contribution is 7.91. The second-order valence-electron chi connectivity index (χ2n) is 7.04. The van der Waals surface area contributed by atoms with Crippen LogP contribution in [0, 0.1) is 6.92 Å². The summed E-state index contributed by atoms with van der Waals surface area (Å²) in [6.07, 6.45) is 5.80. The molecule has 2 aromatic rings. The molecule has 4 rings (SSSR count). The molecule has 148 valence electrons. The summed E-state index contributed by atoms with van der Waals surface area (Å²) in [7, 11) is -3.52. The van der Waals surface area contributed by atoms with Crippen molar-refractivity contribution in [2.75, 3.05) is 19.8 Å². The molecule has 0 radical (unpaired) electrons. The number of sulfonamides is 1. The van der Waals surface area contributed by atoms with Crippen LogP contribution in [0.3, 0.4) is 0 Å². The first-order valence-electron chi connectivity index (χ1n) is 9.34. The SMILES string of the molecule is Cc1ccsc1S(=O)(=O)N1C[C@@H](OCCCn2cccn2)[C@@H]2OCCC[C@H]21. The first-order chi connectivity index (χ1) is 13.1. The Bertz CT molecular complexity index is 850. The van der Waals surface area contributed by atoms with Gasteiger partial charge in [-0.2, -0.15) is 9.40 Å². The van der Waals surface area contributed by atoms with Gasteiger partial charge in [-0.15, -0.1) is 11.3 Å². The number of hydrogen-bond acceptors (Lipinski definition) is 6. The predicted octanol–water partition coefficient (Wildman–Crippen LogP) is 2.28. The van der Waals surface area contributed by atoms with Crippen LogP contribution in [0.25, 0.3) is 0 Å². The fourth-order valence-corrected chi connectivity index (χ4v) is 7.12. The molecule has 0 unspecified atom stereocenters. The molecular weight excluding hydrogens is 386 g/mol. The molecule has 0 saturated carbocycles. The molecule has 2 saturated heterocycles. The van der Waals surface area contributed by atoms with E-state index in [1.807, 2.05) is 35.3 Å². The molecule has 2 aliphatic rings. The number of ether oxygens (including phenoxy) is 2. The fraction of sp³-hybridized carbons (Fsp3) is 0.611. The number of rotatable bonds is 7. The molecule has 2 aliphatic heterocycles. The van der Waals surface area contributed by atoms with Gasteiger partial charge in [-0.05, 0) is 49.3 Å². The lowest BCUT2D eigenvalue weighted by molar-refractivity contribution is -0.0760. The Hall–Kier alpha value is -1.26. The van der Waals surface area contributed by atoms with Crippen molar-refractivity contribution in [3.63, 3.8) is 0 Å². The third-order valence-electron chi connectivity index (χ3n) is 5.21. The second-order valence-corrected chi connectivity index (χ2v) is 10.0. The Morgan fingerprint density at radius 2 is 2.33 bits per heavy atom. The van der Waals surface area contributed by atoms with Gasteiger partial charge in [-0.25, -0.2) is 8.42 Å². The maximum atomic E-state index is 13.2. The molecule has 4 heterocycles. The summed E-state index contributed by atoms with van der Waals surface area (Å²) in [6.45, 7) is 4.21. The normalized spacial score (nSPS) is 26.3. The van der Waals surface area contributed by atoms with Crippen LogP contribution in [-0.2, 0) is 26.0 Å². The van der Waals surface area contributed by atoms with E-state index in [2.05, 4.69) is 5.10 Å². The van der Waals surface area contributed by atoms with Crippen LogP contribution >= 0.6 is 11.3 Å². The number of nitrogens with zero attached hydrogens (tertiary/aromatic N) is 3. The van der Waals surface area contributed by atoms with Crippen LogP contribution in [0.4, 0.5) is 0 Å². The molecule has 0 N–H and O–H groups in total. The van der Waals surface area contributed by atoms with Gasteiger partial charge < -0.3 is 9.47 Å². The first-order valence-corrected chi connectivity index (χ1v) is 11.7. The Balaban J connectivity index is 1.44. The molecule has 2 aromatic heterocycles. The minimum atomic E-state index is -3.52. The van der Waals surface area contributed by atoms with E-state index in [0.717, 1.165) is 31.4 Å². The molecule has 27 heavy (non-hydrogen) atoms. The Kier molecular flexibility index (Phi) is 5.65. The van der Waals surface area contributed by atoms with Crippen molar-refractivity contribution < 1.29 is 17.9 Å². The van der Waals surface area contributed by atoms with Crippen molar-refractivity contribution in [3.8, 4) is 0 Å². The molecular formula is C18H25N3O4S2. The minimum Gasteiger partial charge on any atom is -0.374 e. The standard InChI is InChI=1S/C18H25N3O4S2/c1-14-6-12-26-18(14)27(22,23)21-13-16(17-15(21)5-2-10-25-17)24-11-4-9-20-8-3-7-19-20/h3,6-8,12,15-17H,2,4-5,9-11,13H2,1H3/t15-,16-,17-/m1/s1. The molecule has 9 heteroatoms. The summed E-state index contributed by atoms with van der Waals surface area (Å²) in [6, 6.07) is 3.61. The van der Waals surface area contributed by atoms with Gasteiger partial charge in [0.05, 0.1) is 12.1 Å². The summed E-state index contributed by atoms with van der Waals surface area (Å²) in [4.78, 5) is 0. The van der Waals surface area contributed by atoms with Crippen molar-refractivity contribution in [1.82, 2.24) is 14.1 Å². The quantitative estimate of drug-likeness (QED) is 0.654. The zero-order valence-corrected chi connectivity index (χ0v) is 17.0. The van der Waals surface area contributed by atoms with Crippen molar-refractivity contribution in [1.29, 1.82) is 0 Å². The van der Waals surface area contributed by atoms with Gasteiger partial charge in [0.25, 0.3) is 10.0 Å². The monoisotopic (exact) mass is 411 g/mol. The number of aromatic nitrogens is 2. The number of hydrogen-bond donors (Lipinski definition) is 0. The Morgan fingerprint density at radius 1 is 1.44 bits per heavy atom. The zero-order chi connectivity index (χ0) is 18.9. The third-order valence-corrected chi connectivity index (χ3v) is 8.77. The molecule has 0 bridgehead atoms. The molecule has 0 aliphatic carbocycles. The highest BCUT2D eigenvalue weighted by Gasteiger charge is 2.50. The van der Waals surface area contributed by atoms with E-state index >= 15 is 0 Å². The highest BCUT2D eigenvalue weighted by Crippen LogP contribution is 2.36. The Labute approximate surface area is 163 Å². The van der Waals surface area contributed by atoms with Gasteiger partial charge in [-0.3, -0.25) is 4.68 Å². The van der Waals surface area contributed by atoms with Crippen molar-refractivity contribution in [2.45, 2.75) is 55.2 Å². The van der Waals surface area contributed by atoms with Crippen LogP contribution in [0.5, 0.6) is 0 Å². The van der Waals surface area contributed by atoms with E-state index < -0.39 is 10.0 Å². The molecule has 0 aromatic carbocycles.